The molecule has 3 aromatic rings. The van der Waals surface area contributed by atoms with Gasteiger partial charge in [0.05, 0.1) is 31.0 Å². The zero-order chi connectivity index (χ0) is 23.9. The van der Waals surface area contributed by atoms with Gasteiger partial charge in [-0.1, -0.05) is 11.6 Å². The highest BCUT2D eigenvalue weighted by Gasteiger charge is 2.43. The van der Waals surface area contributed by atoms with E-state index in [2.05, 4.69) is 25.7 Å². The number of aromatic nitrogens is 5. The minimum Gasteiger partial charge on any atom is -0.367 e. The number of carbonyl (C=O) groups is 2. The molecule has 0 spiro atoms. The number of tetrazole rings is 1. The first-order valence-corrected chi connectivity index (χ1v) is 10.00. The largest absolute Gasteiger partial charge is 0.367 e. The Morgan fingerprint density at radius 1 is 1.30 bits per heavy atom. The molecule has 1 saturated heterocycles. The second-order valence-corrected chi connectivity index (χ2v) is 7.75. The van der Waals surface area contributed by atoms with Crippen LogP contribution < -0.4 is 11.1 Å². The Bertz CT molecular complexity index is 1250. The molecule has 0 bridgehead atoms. The van der Waals surface area contributed by atoms with E-state index in [1.165, 1.54) is 26.2 Å². The zero-order valence-corrected chi connectivity index (χ0v) is 18.1. The minimum absolute atomic E-state index is 0.00414. The maximum absolute atomic E-state index is 15.0. The fourth-order valence-electron chi connectivity index (χ4n) is 3.37. The van der Waals surface area contributed by atoms with Crippen molar-refractivity contribution in [3.05, 3.63) is 52.7 Å². The maximum Gasteiger partial charge on any atom is 0.247 e. The number of ether oxygens (including phenoxy) is 1. The Morgan fingerprint density at radius 2 is 2.06 bits per heavy atom. The van der Waals surface area contributed by atoms with Crippen LogP contribution in [0.3, 0.4) is 0 Å². The summed E-state index contributed by atoms with van der Waals surface area (Å²) in [6.07, 6.45) is 0.223. The number of halogens is 3. The smallest absolute Gasteiger partial charge is 0.247 e. The molecule has 4 rings (SSSR count). The predicted octanol–water partition coefficient (Wildman–Crippen LogP) is 1.51. The lowest BCUT2D eigenvalue weighted by molar-refractivity contribution is -0.144. The molecule has 2 atom stereocenters. The molecule has 1 aromatic carbocycles. The molecule has 2 amide bonds. The number of nitrogens with two attached hydrogens (primary N) is 1. The molecule has 33 heavy (non-hydrogen) atoms. The molecule has 2 aromatic heterocycles. The van der Waals surface area contributed by atoms with E-state index in [1.54, 1.807) is 0 Å². The molecular weight excluding hydrogens is 460 g/mol. The molecule has 13 heteroatoms. The van der Waals surface area contributed by atoms with Gasteiger partial charge in [-0.3, -0.25) is 14.6 Å². The van der Waals surface area contributed by atoms with Gasteiger partial charge in [-0.25, -0.2) is 8.78 Å². The van der Waals surface area contributed by atoms with E-state index in [-0.39, 0.29) is 45.8 Å². The van der Waals surface area contributed by atoms with Gasteiger partial charge in [0.25, 0.3) is 0 Å². The monoisotopic (exact) mass is 476 g/mol. The van der Waals surface area contributed by atoms with E-state index < -0.39 is 35.6 Å². The van der Waals surface area contributed by atoms with Crippen molar-refractivity contribution < 1.29 is 23.1 Å². The van der Waals surface area contributed by atoms with Crippen molar-refractivity contribution in [2.45, 2.75) is 19.1 Å². The SMILES string of the molecule is C[C@@H](NC(=O)[C]1COC1C(N)=O)c1ncc(-c2cc(Cl)cc(F)c2-c2nnn(C)n2)cc1F. The molecule has 1 radical (unpaired) electrons. The highest BCUT2D eigenvalue weighted by molar-refractivity contribution is 6.31. The third-order valence-corrected chi connectivity index (χ3v) is 5.22. The van der Waals surface area contributed by atoms with E-state index in [1.807, 2.05) is 0 Å². The van der Waals surface area contributed by atoms with Crippen LogP contribution >= 0.6 is 11.6 Å². The van der Waals surface area contributed by atoms with E-state index in [9.17, 15) is 18.4 Å². The normalized spacial score (nSPS) is 16.8. The molecular formula is C20H17ClF2N7O3. The number of carbonyl (C=O) groups excluding carboxylic acids is 2. The van der Waals surface area contributed by atoms with Crippen molar-refractivity contribution in [2.75, 3.05) is 6.61 Å². The molecule has 1 aliphatic rings. The van der Waals surface area contributed by atoms with Gasteiger partial charge in [0.15, 0.2) is 6.10 Å². The van der Waals surface area contributed by atoms with Crippen LogP contribution in [0.5, 0.6) is 0 Å². The van der Waals surface area contributed by atoms with Gasteiger partial charge in [0, 0.05) is 16.8 Å². The Labute approximate surface area is 191 Å². The Hall–Kier alpha value is -3.51. The lowest BCUT2D eigenvalue weighted by Gasteiger charge is -2.33. The molecule has 3 N–H and O–H groups in total. The first-order chi connectivity index (χ1) is 15.7. The van der Waals surface area contributed by atoms with Gasteiger partial charge in [0.2, 0.25) is 17.6 Å². The van der Waals surface area contributed by atoms with Crippen molar-refractivity contribution >= 4 is 23.4 Å². The number of rotatable bonds is 6. The van der Waals surface area contributed by atoms with Crippen LogP contribution in [0.25, 0.3) is 22.5 Å². The second-order valence-electron chi connectivity index (χ2n) is 7.32. The number of amides is 2. The van der Waals surface area contributed by atoms with Gasteiger partial charge in [0.1, 0.15) is 17.6 Å². The van der Waals surface area contributed by atoms with E-state index in [0.29, 0.717) is 0 Å². The Balaban J connectivity index is 1.62. The average Bonchev–Trinajstić information content (AvgIpc) is 3.11. The van der Waals surface area contributed by atoms with Crippen LogP contribution in [0.2, 0.25) is 5.02 Å². The second kappa shape index (κ2) is 8.79. The zero-order valence-electron chi connectivity index (χ0n) is 17.3. The summed E-state index contributed by atoms with van der Waals surface area (Å²) in [7, 11) is 1.52. The summed E-state index contributed by atoms with van der Waals surface area (Å²) in [6.45, 7) is 1.48. The van der Waals surface area contributed by atoms with Gasteiger partial charge in [-0.05, 0) is 35.9 Å². The van der Waals surface area contributed by atoms with Gasteiger partial charge in [-0.15, -0.1) is 10.2 Å². The van der Waals surface area contributed by atoms with Gasteiger partial charge < -0.3 is 15.8 Å². The molecule has 1 aliphatic heterocycles. The van der Waals surface area contributed by atoms with Crippen LogP contribution in [0.1, 0.15) is 18.7 Å². The van der Waals surface area contributed by atoms with E-state index in [4.69, 9.17) is 22.1 Å². The average molecular weight is 477 g/mol. The highest BCUT2D eigenvalue weighted by Crippen LogP contribution is 2.35. The number of aryl methyl sites for hydroxylation is 1. The number of hydrogen-bond donors (Lipinski definition) is 2. The fourth-order valence-corrected chi connectivity index (χ4v) is 3.58. The molecule has 10 nitrogen and oxygen atoms in total. The third-order valence-electron chi connectivity index (χ3n) is 5.00. The van der Waals surface area contributed by atoms with Crippen LogP contribution in [0.4, 0.5) is 8.78 Å². The first kappa shape index (κ1) is 22.7. The topological polar surface area (TPSA) is 138 Å². The Morgan fingerprint density at radius 3 is 2.64 bits per heavy atom. The minimum atomic E-state index is -1.09. The number of nitrogens with zero attached hydrogens (tertiary/aromatic N) is 5. The lowest BCUT2D eigenvalue weighted by Crippen LogP contribution is -2.54. The highest BCUT2D eigenvalue weighted by atomic mass is 35.5. The number of primary amides is 1. The van der Waals surface area contributed by atoms with Crippen molar-refractivity contribution in [1.29, 1.82) is 0 Å². The van der Waals surface area contributed by atoms with E-state index >= 15 is 0 Å². The van der Waals surface area contributed by atoms with Crippen LogP contribution in [0.15, 0.2) is 24.4 Å². The molecule has 0 aliphatic carbocycles. The molecule has 3 heterocycles. The predicted molar refractivity (Wildman–Crippen MR) is 111 cm³/mol. The summed E-state index contributed by atoms with van der Waals surface area (Å²) in [5.41, 5.74) is 5.51. The number of hydrogen-bond acceptors (Lipinski definition) is 7. The maximum atomic E-state index is 15.0. The van der Waals surface area contributed by atoms with Crippen molar-refractivity contribution in [3.63, 3.8) is 0 Å². The van der Waals surface area contributed by atoms with Gasteiger partial charge >= 0.3 is 0 Å². The standard InChI is InChI=1S/C20H17ClF2N7O3/c1-8(26-20(32)12-7-33-17(12)18(24)31)16-14(23)3-9(6-25-16)11-4-10(21)5-13(22)15(11)19-27-29-30(2)28-19/h3-6,8,17H,7H2,1-2H3,(H2,24,31)(H,26,32)/t8-,17?/m1/s1. The summed E-state index contributed by atoms with van der Waals surface area (Å²) in [4.78, 5) is 28.8. The van der Waals surface area contributed by atoms with Crippen LogP contribution in [-0.2, 0) is 21.4 Å². The summed E-state index contributed by atoms with van der Waals surface area (Å²) in [5, 5.41) is 14.2. The van der Waals surface area contributed by atoms with Crippen molar-refractivity contribution in [2.24, 2.45) is 12.8 Å². The van der Waals surface area contributed by atoms with E-state index in [0.717, 1.165) is 16.9 Å². The summed E-state index contributed by atoms with van der Waals surface area (Å²) >= 11 is 6.02. The molecule has 0 saturated carbocycles. The number of nitrogens with one attached hydrogen (secondary N) is 1. The lowest BCUT2D eigenvalue weighted by atomic mass is 9.95. The summed E-state index contributed by atoms with van der Waals surface area (Å²) in [6, 6.07) is 2.83. The summed E-state index contributed by atoms with van der Waals surface area (Å²) in [5.74, 6) is -2.68. The van der Waals surface area contributed by atoms with Crippen molar-refractivity contribution in [3.8, 4) is 22.5 Å². The van der Waals surface area contributed by atoms with Crippen molar-refractivity contribution in [1.82, 2.24) is 30.5 Å². The Kier molecular flexibility index (Phi) is 6.04. The third kappa shape index (κ3) is 4.39. The number of pyridine rings is 1. The van der Waals surface area contributed by atoms with Crippen LogP contribution in [-0.4, -0.2) is 49.7 Å². The van der Waals surface area contributed by atoms with Crippen LogP contribution in [0, 0.1) is 17.6 Å². The molecule has 1 unspecified atom stereocenters. The van der Waals surface area contributed by atoms with Gasteiger partial charge in [-0.2, -0.15) is 4.80 Å². The molecule has 171 valence electrons. The first-order valence-electron chi connectivity index (χ1n) is 9.62. The fraction of sp³-hybridized carbons (Fsp3) is 0.250. The summed E-state index contributed by atoms with van der Waals surface area (Å²) < 4.78 is 34.7. The quantitative estimate of drug-likeness (QED) is 0.549. The molecule has 1 fully saturated rings. The number of benzene rings is 1.